The molecule has 180 valence electrons. The number of carbonyl (C=O) groups is 1. The molecular weight excluding hydrogens is 452 g/mol. The summed E-state index contributed by atoms with van der Waals surface area (Å²) < 4.78 is 11.4. The average Bonchev–Trinajstić information content (AvgIpc) is 3.54. The van der Waals surface area contributed by atoms with Crippen LogP contribution in [-0.4, -0.2) is 49.2 Å². The van der Waals surface area contributed by atoms with Crippen LogP contribution in [0.15, 0.2) is 28.4 Å². The van der Waals surface area contributed by atoms with Crippen molar-refractivity contribution >= 4 is 33.4 Å². The van der Waals surface area contributed by atoms with Gasteiger partial charge in [-0.1, -0.05) is 18.9 Å². The van der Waals surface area contributed by atoms with Gasteiger partial charge in [0, 0.05) is 30.1 Å². The number of ether oxygens (including phenoxy) is 2. The Morgan fingerprint density at radius 1 is 1.15 bits per heavy atom. The number of methoxy groups -OCH3 is 2. The molecule has 1 aliphatic heterocycles. The molecule has 2 fully saturated rings. The summed E-state index contributed by atoms with van der Waals surface area (Å²) >= 11 is 1.38. The lowest BCUT2D eigenvalue weighted by molar-refractivity contribution is -0.125. The van der Waals surface area contributed by atoms with E-state index in [1.54, 1.807) is 14.2 Å². The smallest absolute Gasteiger partial charge is 0.270 e. The van der Waals surface area contributed by atoms with E-state index in [2.05, 4.69) is 10.3 Å². The minimum Gasteiger partial charge on any atom is -0.493 e. The maximum atomic E-state index is 12.9. The number of H-pyrrole nitrogens is 1. The summed E-state index contributed by atoms with van der Waals surface area (Å²) in [6.07, 6.45) is 6.27. The van der Waals surface area contributed by atoms with Gasteiger partial charge in [0.1, 0.15) is 4.70 Å². The highest BCUT2D eigenvalue weighted by molar-refractivity contribution is 7.17. The highest BCUT2D eigenvalue weighted by Crippen LogP contribution is 2.37. The van der Waals surface area contributed by atoms with Crippen molar-refractivity contribution in [3.05, 3.63) is 33.9 Å². The first-order valence-corrected chi connectivity index (χ1v) is 12.7. The Morgan fingerprint density at radius 2 is 1.94 bits per heavy atom. The zero-order valence-electron chi connectivity index (χ0n) is 19.6. The Morgan fingerprint density at radius 3 is 2.71 bits per heavy atom. The van der Waals surface area contributed by atoms with Crippen molar-refractivity contribution in [3.8, 4) is 22.6 Å². The lowest BCUT2D eigenvalue weighted by Crippen LogP contribution is -2.46. The highest BCUT2D eigenvalue weighted by Gasteiger charge is 2.29. The minimum absolute atomic E-state index is 0.0943. The van der Waals surface area contributed by atoms with Gasteiger partial charge in [-0.2, -0.15) is 0 Å². The lowest BCUT2D eigenvalue weighted by Gasteiger charge is -2.33. The van der Waals surface area contributed by atoms with Crippen LogP contribution in [0.3, 0.4) is 0 Å². The average molecular weight is 483 g/mol. The molecular formula is C25H30N4O4S. The zero-order chi connectivity index (χ0) is 23.7. The van der Waals surface area contributed by atoms with Crippen LogP contribution in [0.4, 0.5) is 5.95 Å². The van der Waals surface area contributed by atoms with Crippen molar-refractivity contribution in [2.45, 2.75) is 44.6 Å². The number of hydrogen-bond acceptors (Lipinski definition) is 7. The van der Waals surface area contributed by atoms with E-state index in [0.29, 0.717) is 40.3 Å². The quantitative estimate of drug-likeness (QED) is 0.552. The first-order chi connectivity index (χ1) is 16.6. The summed E-state index contributed by atoms with van der Waals surface area (Å²) in [7, 11) is 3.20. The van der Waals surface area contributed by atoms with Gasteiger partial charge in [0.05, 0.1) is 25.7 Å². The summed E-state index contributed by atoms with van der Waals surface area (Å²) in [6, 6.07) is 6.00. The monoisotopic (exact) mass is 482 g/mol. The molecule has 8 nitrogen and oxygen atoms in total. The van der Waals surface area contributed by atoms with Gasteiger partial charge in [0.15, 0.2) is 11.5 Å². The Hall–Kier alpha value is -3.07. The molecule has 2 N–H and O–H groups in total. The zero-order valence-corrected chi connectivity index (χ0v) is 20.4. The van der Waals surface area contributed by atoms with E-state index in [1.807, 2.05) is 28.5 Å². The van der Waals surface area contributed by atoms with Crippen molar-refractivity contribution in [1.82, 2.24) is 15.3 Å². The molecule has 0 spiro atoms. The fourth-order valence-corrected chi connectivity index (χ4v) is 5.96. The first-order valence-electron chi connectivity index (χ1n) is 11.9. The van der Waals surface area contributed by atoms with Crippen molar-refractivity contribution in [3.63, 3.8) is 0 Å². The number of aromatic nitrogens is 2. The number of nitrogens with zero attached hydrogens (tertiary/aromatic N) is 2. The number of nitrogens with one attached hydrogen (secondary N) is 2. The number of piperidine rings is 1. The number of fused-ring (bicyclic) bond motifs is 1. The van der Waals surface area contributed by atoms with Crippen LogP contribution in [-0.2, 0) is 4.79 Å². The number of rotatable bonds is 6. The van der Waals surface area contributed by atoms with Gasteiger partial charge >= 0.3 is 0 Å². The van der Waals surface area contributed by atoms with Gasteiger partial charge < -0.3 is 19.7 Å². The summed E-state index contributed by atoms with van der Waals surface area (Å²) in [4.78, 5) is 35.7. The molecule has 5 rings (SSSR count). The largest absolute Gasteiger partial charge is 0.493 e. The fourth-order valence-electron chi connectivity index (χ4n) is 5.05. The highest BCUT2D eigenvalue weighted by atomic mass is 32.1. The molecule has 1 saturated heterocycles. The summed E-state index contributed by atoms with van der Waals surface area (Å²) in [5.74, 6) is 1.82. The van der Waals surface area contributed by atoms with Gasteiger partial charge in [-0.15, -0.1) is 11.3 Å². The van der Waals surface area contributed by atoms with Gasteiger partial charge in [-0.25, -0.2) is 4.98 Å². The summed E-state index contributed by atoms with van der Waals surface area (Å²) in [5.41, 5.74) is 2.28. The Balaban J connectivity index is 1.43. The third-order valence-corrected chi connectivity index (χ3v) is 7.87. The maximum Gasteiger partial charge on any atom is 0.270 e. The number of amides is 1. The molecule has 2 aliphatic rings. The molecule has 34 heavy (non-hydrogen) atoms. The first kappa shape index (κ1) is 22.7. The number of aromatic amines is 1. The summed E-state index contributed by atoms with van der Waals surface area (Å²) in [5, 5.41) is 5.18. The molecule has 0 radical (unpaired) electrons. The number of anilines is 1. The van der Waals surface area contributed by atoms with Gasteiger partial charge in [-0.3, -0.25) is 14.6 Å². The number of carbonyl (C=O) groups excluding carboxylic acids is 1. The molecule has 3 heterocycles. The van der Waals surface area contributed by atoms with Crippen LogP contribution in [0, 0.1) is 5.92 Å². The van der Waals surface area contributed by atoms with Gasteiger partial charge in [-0.05, 0) is 43.4 Å². The van der Waals surface area contributed by atoms with E-state index in [0.717, 1.165) is 43.4 Å². The van der Waals surface area contributed by atoms with Crippen molar-refractivity contribution in [2.75, 3.05) is 32.2 Å². The van der Waals surface area contributed by atoms with E-state index in [1.165, 1.54) is 24.2 Å². The SMILES string of the molecule is COc1ccc(-c2csc3c(=O)[nH]c(N4CCC[C@@H](C(=O)NC5CCCC5)C4)nc23)cc1OC. The number of hydrogen-bond donors (Lipinski definition) is 2. The van der Waals surface area contributed by atoms with Crippen molar-refractivity contribution in [1.29, 1.82) is 0 Å². The number of thiophene rings is 1. The molecule has 1 aromatic carbocycles. The third-order valence-electron chi connectivity index (χ3n) is 6.90. The van der Waals surface area contributed by atoms with Crippen molar-refractivity contribution < 1.29 is 14.3 Å². The Kier molecular flexibility index (Phi) is 6.45. The van der Waals surface area contributed by atoms with Gasteiger partial charge in [0.2, 0.25) is 11.9 Å². The number of benzene rings is 1. The van der Waals surface area contributed by atoms with E-state index in [-0.39, 0.29) is 17.4 Å². The molecule has 1 amide bonds. The maximum absolute atomic E-state index is 12.9. The van der Waals surface area contributed by atoms with Gasteiger partial charge in [0.25, 0.3) is 5.56 Å². The third kappa shape index (κ3) is 4.36. The second-order valence-corrected chi connectivity index (χ2v) is 9.94. The topological polar surface area (TPSA) is 96.6 Å². The van der Waals surface area contributed by atoms with Crippen LogP contribution in [0.25, 0.3) is 21.3 Å². The second-order valence-electron chi connectivity index (χ2n) is 9.06. The van der Waals surface area contributed by atoms with E-state index < -0.39 is 0 Å². The summed E-state index contributed by atoms with van der Waals surface area (Å²) in [6.45, 7) is 1.32. The fraction of sp³-hybridized carbons (Fsp3) is 0.480. The minimum atomic E-state index is -0.158. The Bertz CT molecular complexity index is 1250. The standard InChI is InChI=1S/C25H30N4O4S/c1-32-19-10-9-15(12-20(19)33-2)18-14-34-22-21(18)27-25(28-24(22)31)29-11-5-6-16(13-29)23(30)26-17-7-3-4-8-17/h9-10,12,14,16-17H,3-8,11,13H2,1-2H3,(H,26,30)(H,27,28,31)/t16-/m1/s1. The predicted octanol–water partition coefficient (Wildman–Crippen LogP) is 3.94. The van der Waals surface area contributed by atoms with Crippen LogP contribution in [0.2, 0.25) is 0 Å². The predicted molar refractivity (Wildman–Crippen MR) is 134 cm³/mol. The lowest BCUT2D eigenvalue weighted by atomic mass is 9.97. The Labute approximate surface area is 202 Å². The van der Waals surface area contributed by atoms with Crippen LogP contribution in [0.5, 0.6) is 11.5 Å². The van der Waals surface area contributed by atoms with Crippen LogP contribution in [0.1, 0.15) is 38.5 Å². The van der Waals surface area contributed by atoms with E-state index in [9.17, 15) is 9.59 Å². The molecule has 0 unspecified atom stereocenters. The molecule has 3 aromatic rings. The molecule has 0 bridgehead atoms. The van der Waals surface area contributed by atoms with Crippen LogP contribution < -0.4 is 25.2 Å². The van der Waals surface area contributed by atoms with Crippen LogP contribution >= 0.6 is 11.3 Å². The molecule has 1 atom stereocenters. The molecule has 1 saturated carbocycles. The normalized spacial score (nSPS) is 18.9. The second kappa shape index (κ2) is 9.66. The van der Waals surface area contributed by atoms with E-state index in [4.69, 9.17) is 14.5 Å². The molecule has 2 aromatic heterocycles. The van der Waals surface area contributed by atoms with Crippen molar-refractivity contribution in [2.24, 2.45) is 5.92 Å². The van der Waals surface area contributed by atoms with E-state index >= 15 is 0 Å². The molecule has 1 aliphatic carbocycles. The molecule has 9 heteroatoms.